The molecular weight excluding hydrogens is 372 g/mol. The Balaban J connectivity index is 1.83. The van der Waals surface area contributed by atoms with Crippen LogP contribution in [-0.2, 0) is 4.74 Å². The Morgan fingerprint density at radius 1 is 1.04 bits per heavy atom. The highest BCUT2D eigenvalue weighted by atomic mass is 35.5. The van der Waals surface area contributed by atoms with Gasteiger partial charge in [-0.3, -0.25) is 0 Å². The van der Waals surface area contributed by atoms with Gasteiger partial charge in [-0.2, -0.15) is 5.10 Å². The van der Waals surface area contributed by atoms with E-state index >= 15 is 0 Å². The molecule has 1 aliphatic heterocycles. The van der Waals surface area contributed by atoms with Crippen molar-refractivity contribution in [3.8, 4) is 22.7 Å². The van der Waals surface area contributed by atoms with Crippen LogP contribution in [0.15, 0.2) is 54.6 Å². The minimum atomic E-state index is 0.240. The van der Waals surface area contributed by atoms with E-state index in [1.165, 1.54) is 0 Å². The summed E-state index contributed by atoms with van der Waals surface area (Å²) in [5, 5.41) is 5.75. The number of aromatic nitrogens is 2. The van der Waals surface area contributed by atoms with Crippen LogP contribution in [0.3, 0.4) is 0 Å². The third kappa shape index (κ3) is 3.80. The summed E-state index contributed by atoms with van der Waals surface area (Å²) < 4.78 is 13.5. The zero-order chi connectivity index (χ0) is 19.7. The van der Waals surface area contributed by atoms with E-state index in [4.69, 9.17) is 26.2 Å². The molecule has 1 saturated heterocycles. The van der Waals surface area contributed by atoms with Gasteiger partial charge >= 0.3 is 0 Å². The van der Waals surface area contributed by atoms with Crippen LogP contribution in [0.1, 0.15) is 38.3 Å². The Bertz CT molecular complexity index is 941. The number of halogens is 1. The molecule has 2 heterocycles. The molecule has 0 aliphatic carbocycles. The Morgan fingerprint density at radius 2 is 1.71 bits per heavy atom. The van der Waals surface area contributed by atoms with Gasteiger partial charge in [-0.25, -0.2) is 4.68 Å². The quantitative estimate of drug-likeness (QED) is 0.553. The molecule has 0 spiro atoms. The maximum absolute atomic E-state index is 6.11. The molecule has 3 aromatic rings. The van der Waals surface area contributed by atoms with E-state index in [1.807, 2.05) is 53.2 Å². The molecule has 146 valence electrons. The first-order chi connectivity index (χ1) is 13.5. The standard InChI is InChI=1S/C23H25ClN2O2/c1-15-12-18(13-16(2)28-15)20-14-22(17-8-10-19(24)11-9-17)26(25-20)21-6-4-5-7-23(21)27-3/h4-11,14-16,18H,12-13H2,1-3H3/t15-,16-/m0/s1. The molecule has 2 aromatic carbocycles. The first-order valence-corrected chi connectivity index (χ1v) is 10.1. The number of benzene rings is 2. The van der Waals surface area contributed by atoms with Crippen molar-refractivity contribution in [3.63, 3.8) is 0 Å². The predicted molar refractivity (Wildman–Crippen MR) is 113 cm³/mol. The Morgan fingerprint density at radius 3 is 2.39 bits per heavy atom. The van der Waals surface area contributed by atoms with Crippen LogP contribution in [0.5, 0.6) is 5.75 Å². The van der Waals surface area contributed by atoms with Gasteiger partial charge < -0.3 is 9.47 Å². The van der Waals surface area contributed by atoms with Crippen molar-refractivity contribution in [2.24, 2.45) is 0 Å². The molecule has 0 saturated carbocycles. The van der Waals surface area contributed by atoms with E-state index in [0.29, 0.717) is 5.92 Å². The zero-order valence-electron chi connectivity index (χ0n) is 16.4. The smallest absolute Gasteiger partial charge is 0.144 e. The molecule has 0 N–H and O–H groups in total. The largest absolute Gasteiger partial charge is 0.494 e. The van der Waals surface area contributed by atoms with Gasteiger partial charge in [-0.1, -0.05) is 35.9 Å². The second-order valence-electron chi connectivity index (χ2n) is 7.47. The molecule has 1 aromatic heterocycles. The van der Waals surface area contributed by atoms with E-state index in [2.05, 4.69) is 19.9 Å². The lowest BCUT2D eigenvalue weighted by Gasteiger charge is -2.31. The van der Waals surface area contributed by atoms with Gasteiger partial charge in [0.2, 0.25) is 0 Å². The van der Waals surface area contributed by atoms with Gasteiger partial charge in [0.05, 0.1) is 30.7 Å². The number of nitrogens with zero attached hydrogens (tertiary/aromatic N) is 2. The molecule has 4 rings (SSSR count). The fourth-order valence-corrected chi connectivity index (χ4v) is 4.19. The lowest BCUT2D eigenvalue weighted by atomic mass is 9.89. The van der Waals surface area contributed by atoms with Crippen LogP contribution >= 0.6 is 11.6 Å². The maximum Gasteiger partial charge on any atom is 0.144 e. The molecule has 0 radical (unpaired) electrons. The van der Waals surface area contributed by atoms with Gasteiger partial charge in [0, 0.05) is 16.5 Å². The summed E-state index contributed by atoms with van der Waals surface area (Å²) in [4.78, 5) is 0. The summed E-state index contributed by atoms with van der Waals surface area (Å²) in [5.74, 6) is 1.17. The molecule has 0 bridgehead atoms. The third-order valence-corrected chi connectivity index (χ3v) is 5.55. The van der Waals surface area contributed by atoms with Crippen LogP contribution in [0.2, 0.25) is 5.02 Å². The summed E-state index contributed by atoms with van der Waals surface area (Å²) in [6, 6.07) is 18.0. The van der Waals surface area contributed by atoms with Crippen molar-refractivity contribution in [1.82, 2.24) is 9.78 Å². The zero-order valence-corrected chi connectivity index (χ0v) is 17.2. The molecule has 5 heteroatoms. The molecule has 0 amide bonds. The summed E-state index contributed by atoms with van der Waals surface area (Å²) in [7, 11) is 1.69. The fraction of sp³-hybridized carbons (Fsp3) is 0.348. The lowest BCUT2D eigenvalue weighted by molar-refractivity contribution is -0.0385. The van der Waals surface area contributed by atoms with Gasteiger partial charge in [0.25, 0.3) is 0 Å². The van der Waals surface area contributed by atoms with Crippen LogP contribution < -0.4 is 4.74 Å². The van der Waals surface area contributed by atoms with E-state index < -0.39 is 0 Å². The van der Waals surface area contributed by atoms with Gasteiger partial charge in [-0.05, 0) is 57.0 Å². The number of rotatable bonds is 4. The van der Waals surface area contributed by atoms with Crippen molar-refractivity contribution >= 4 is 11.6 Å². The van der Waals surface area contributed by atoms with Crippen molar-refractivity contribution < 1.29 is 9.47 Å². The monoisotopic (exact) mass is 396 g/mol. The average Bonchev–Trinajstić information content (AvgIpc) is 3.13. The Hall–Kier alpha value is -2.30. The first kappa shape index (κ1) is 19.0. The van der Waals surface area contributed by atoms with E-state index in [0.717, 1.165) is 46.3 Å². The highest BCUT2D eigenvalue weighted by Gasteiger charge is 2.28. The topological polar surface area (TPSA) is 36.3 Å². The first-order valence-electron chi connectivity index (χ1n) is 9.70. The van der Waals surface area contributed by atoms with Crippen LogP contribution in [-0.4, -0.2) is 29.1 Å². The van der Waals surface area contributed by atoms with Crippen molar-refractivity contribution in [3.05, 3.63) is 65.3 Å². The van der Waals surface area contributed by atoms with Crippen molar-refractivity contribution in [1.29, 1.82) is 0 Å². The second-order valence-corrected chi connectivity index (χ2v) is 7.91. The summed E-state index contributed by atoms with van der Waals surface area (Å²) in [6.45, 7) is 4.28. The Kier molecular flexibility index (Phi) is 5.42. The van der Waals surface area contributed by atoms with E-state index in [-0.39, 0.29) is 12.2 Å². The summed E-state index contributed by atoms with van der Waals surface area (Å²) in [5.41, 5.74) is 4.12. The number of hydrogen-bond donors (Lipinski definition) is 0. The summed E-state index contributed by atoms with van der Waals surface area (Å²) in [6.07, 6.45) is 2.44. The number of hydrogen-bond acceptors (Lipinski definition) is 3. The highest BCUT2D eigenvalue weighted by Crippen LogP contribution is 2.36. The van der Waals surface area contributed by atoms with Crippen LogP contribution in [0, 0.1) is 0 Å². The molecular formula is C23H25ClN2O2. The van der Waals surface area contributed by atoms with E-state index in [1.54, 1.807) is 7.11 Å². The Labute approximate surface area is 171 Å². The highest BCUT2D eigenvalue weighted by molar-refractivity contribution is 6.30. The van der Waals surface area contributed by atoms with Crippen LogP contribution in [0.4, 0.5) is 0 Å². The number of methoxy groups -OCH3 is 1. The third-order valence-electron chi connectivity index (χ3n) is 5.30. The van der Waals surface area contributed by atoms with Crippen molar-refractivity contribution in [2.75, 3.05) is 7.11 Å². The number of para-hydroxylation sites is 2. The predicted octanol–water partition coefficient (Wildman–Crippen LogP) is 5.87. The van der Waals surface area contributed by atoms with E-state index in [9.17, 15) is 0 Å². The molecule has 0 unspecified atom stereocenters. The summed E-state index contributed by atoms with van der Waals surface area (Å²) >= 11 is 6.11. The SMILES string of the molecule is COc1ccccc1-n1nc(C2C[C@H](C)O[C@@H](C)C2)cc1-c1ccc(Cl)cc1. The lowest BCUT2D eigenvalue weighted by Crippen LogP contribution is -2.28. The molecule has 4 nitrogen and oxygen atoms in total. The molecule has 1 aliphatic rings. The molecule has 1 fully saturated rings. The number of ether oxygens (including phenoxy) is 2. The average molecular weight is 397 g/mol. The molecule has 2 atom stereocenters. The van der Waals surface area contributed by atoms with Gasteiger partial charge in [0.1, 0.15) is 11.4 Å². The van der Waals surface area contributed by atoms with Gasteiger partial charge in [0.15, 0.2) is 0 Å². The van der Waals surface area contributed by atoms with Crippen LogP contribution in [0.25, 0.3) is 16.9 Å². The van der Waals surface area contributed by atoms with Gasteiger partial charge in [-0.15, -0.1) is 0 Å². The molecule has 28 heavy (non-hydrogen) atoms. The van der Waals surface area contributed by atoms with Crippen molar-refractivity contribution in [2.45, 2.75) is 44.8 Å². The minimum absolute atomic E-state index is 0.240. The maximum atomic E-state index is 6.11. The minimum Gasteiger partial charge on any atom is -0.494 e. The normalized spacial score (nSPS) is 22.2. The fourth-order valence-electron chi connectivity index (χ4n) is 4.06. The second kappa shape index (κ2) is 7.98.